The second-order valence-electron chi connectivity index (χ2n) is 6.07. The van der Waals surface area contributed by atoms with Crippen LogP contribution in [0.25, 0.3) is 0 Å². The Morgan fingerprint density at radius 1 is 1.30 bits per heavy atom. The molecule has 0 saturated carbocycles. The second kappa shape index (κ2) is 7.42. The first-order valence-corrected chi connectivity index (χ1v) is 9.48. The SMILES string of the molecule is Cc1cccc(NC(=O)C(C)CS(=O)(=O)N2CCNCC2)c1C. The van der Waals surface area contributed by atoms with Gasteiger partial charge in [-0.2, -0.15) is 4.31 Å². The summed E-state index contributed by atoms with van der Waals surface area (Å²) in [5.41, 5.74) is 2.82. The zero-order chi connectivity index (χ0) is 17.0. The topological polar surface area (TPSA) is 78.5 Å². The van der Waals surface area contributed by atoms with Gasteiger partial charge in [0.15, 0.2) is 0 Å². The minimum atomic E-state index is -3.41. The Kier molecular flexibility index (Phi) is 5.78. The average Bonchev–Trinajstić information content (AvgIpc) is 2.52. The van der Waals surface area contributed by atoms with Gasteiger partial charge >= 0.3 is 0 Å². The Bertz CT molecular complexity index is 667. The maximum atomic E-state index is 12.4. The van der Waals surface area contributed by atoms with Crippen LogP contribution in [0.5, 0.6) is 0 Å². The number of hydrogen-bond acceptors (Lipinski definition) is 4. The monoisotopic (exact) mass is 339 g/mol. The molecule has 1 aliphatic heterocycles. The lowest BCUT2D eigenvalue weighted by molar-refractivity contribution is -0.118. The van der Waals surface area contributed by atoms with Crippen molar-refractivity contribution in [2.24, 2.45) is 5.92 Å². The minimum Gasteiger partial charge on any atom is -0.326 e. The Morgan fingerprint density at radius 2 is 1.96 bits per heavy atom. The van der Waals surface area contributed by atoms with E-state index in [0.717, 1.165) is 16.8 Å². The van der Waals surface area contributed by atoms with Gasteiger partial charge in [0.05, 0.1) is 11.7 Å². The molecule has 0 aliphatic carbocycles. The van der Waals surface area contributed by atoms with Crippen LogP contribution in [0, 0.1) is 19.8 Å². The van der Waals surface area contributed by atoms with E-state index in [1.807, 2.05) is 32.0 Å². The van der Waals surface area contributed by atoms with Gasteiger partial charge in [-0.15, -0.1) is 0 Å². The van der Waals surface area contributed by atoms with Crippen LogP contribution in [0.4, 0.5) is 5.69 Å². The molecule has 1 amide bonds. The van der Waals surface area contributed by atoms with Crippen molar-refractivity contribution in [3.8, 4) is 0 Å². The molecule has 23 heavy (non-hydrogen) atoms. The van der Waals surface area contributed by atoms with E-state index in [4.69, 9.17) is 0 Å². The highest BCUT2D eigenvalue weighted by molar-refractivity contribution is 7.89. The van der Waals surface area contributed by atoms with Crippen LogP contribution >= 0.6 is 0 Å². The first-order chi connectivity index (χ1) is 10.8. The molecular formula is C16H25N3O3S. The summed E-state index contributed by atoms with van der Waals surface area (Å²) in [5.74, 6) is -1.03. The van der Waals surface area contributed by atoms with Crippen molar-refractivity contribution in [3.05, 3.63) is 29.3 Å². The number of benzene rings is 1. The number of amides is 1. The number of rotatable bonds is 5. The number of anilines is 1. The number of nitrogens with zero attached hydrogens (tertiary/aromatic N) is 1. The highest BCUT2D eigenvalue weighted by Gasteiger charge is 2.28. The number of sulfonamides is 1. The lowest BCUT2D eigenvalue weighted by atomic mass is 10.1. The van der Waals surface area contributed by atoms with Crippen molar-refractivity contribution in [3.63, 3.8) is 0 Å². The normalized spacial score (nSPS) is 17.7. The van der Waals surface area contributed by atoms with Gasteiger partial charge in [0.25, 0.3) is 0 Å². The van der Waals surface area contributed by atoms with Crippen LogP contribution in [-0.2, 0) is 14.8 Å². The summed E-state index contributed by atoms with van der Waals surface area (Å²) >= 11 is 0. The van der Waals surface area contributed by atoms with Gasteiger partial charge in [0.1, 0.15) is 0 Å². The Balaban J connectivity index is 2.00. The van der Waals surface area contributed by atoms with Crippen LogP contribution in [0.2, 0.25) is 0 Å². The molecular weight excluding hydrogens is 314 g/mol. The fraction of sp³-hybridized carbons (Fsp3) is 0.562. The first-order valence-electron chi connectivity index (χ1n) is 7.87. The van der Waals surface area contributed by atoms with Crippen molar-refractivity contribution < 1.29 is 13.2 Å². The summed E-state index contributed by atoms with van der Waals surface area (Å²) in [7, 11) is -3.41. The Hall–Kier alpha value is -1.44. The number of carbonyl (C=O) groups is 1. The smallest absolute Gasteiger partial charge is 0.228 e. The molecule has 7 heteroatoms. The van der Waals surface area contributed by atoms with Crippen LogP contribution < -0.4 is 10.6 Å². The van der Waals surface area contributed by atoms with Crippen molar-refractivity contribution >= 4 is 21.6 Å². The summed E-state index contributed by atoms with van der Waals surface area (Å²) in [6, 6.07) is 5.68. The third kappa shape index (κ3) is 4.53. The summed E-state index contributed by atoms with van der Waals surface area (Å²) in [5, 5.41) is 5.96. The summed E-state index contributed by atoms with van der Waals surface area (Å²) < 4.78 is 26.2. The van der Waals surface area contributed by atoms with E-state index >= 15 is 0 Å². The van der Waals surface area contributed by atoms with E-state index in [1.54, 1.807) is 6.92 Å². The van der Waals surface area contributed by atoms with Gasteiger partial charge in [-0.25, -0.2) is 8.42 Å². The number of nitrogens with one attached hydrogen (secondary N) is 2. The van der Waals surface area contributed by atoms with Gasteiger partial charge in [-0.1, -0.05) is 19.1 Å². The predicted octanol–water partition coefficient (Wildman–Crippen LogP) is 1.11. The predicted molar refractivity (Wildman–Crippen MR) is 91.9 cm³/mol. The molecule has 0 spiro atoms. The molecule has 1 aromatic carbocycles. The molecule has 1 unspecified atom stereocenters. The molecule has 6 nitrogen and oxygen atoms in total. The summed E-state index contributed by atoms with van der Waals surface area (Å²) in [6.45, 7) is 7.81. The number of piperazine rings is 1. The van der Waals surface area contributed by atoms with Crippen molar-refractivity contribution in [1.82, 2.24) is 9.62 Å². The second-order valence-corrected chi connectivity index (χ2v) is 8.08. The third-order valence-electron chi connectivity index (χ3n) is 4.24. The lowest BCUT2D eigenvalue weighted by Gasteiger charge is -2.27. The van der Waals surface area contributed by atoms with Gasteiger partial charge < -0.3 is 10.6 Å². The molecule has 0 bridgehead atoms. The van der Waals surface area contributed by atoms with E-state index in [0.29, 0.717) is 26.2 Å². The first kappa shape index (κ1) is 17.9. The molecule has 0 radical (unpaired) electrons. The molecule has 2 rings (SSSR count). The van der Waals surface area contributed by atoms with Crippen molar-refractivity contribution in [2.45, 2.75) is 20.8 Å². The molecule has 1 atom stereocenters. The highest BCUT2D eigenvalue weighted by atomic mass is 32.2. The standard InChI is InChI=1S/C16H25N3O3S/c1-12-5-4-6-15(14(12)3)18-16(20)13(2)11-23(21,22)19-9-7-17-8-10-19/h4-6,13,17H,7-11H2,1-3H3,(H,18,20). The largest absolute Gasteiger partial charge is 0.326 e. The van der Waals surface area contributed by atoms with E-state index in [1.165, 1.54) is 4.31 Å². The molecule has 0 aromatic heterocycles. The maximum absolute atomic E-state index is 12.4. The van der Waals surface area contributed by atoms with Crippen molar-refractivity contribution in [2.75, 3.05) is 37.2 Å². The van der Waals surface area contributed by atoms with Crippen LogP contribution in [0.15, 0.2) is 18.2 Å². The van der Waals surface area contributed by atoms with E-state index in [-0.39, 0.29) is 11.7 Å². The van der Waals surface area contributed by atoms with E-state index < -0.39 is 15.9 Å². The quantitative estimate of drug-likeness (QED) is 0.842. The lowest BCUT2D eigenvalue weighted by Crippen LogP contribution is -2.48. The fourth-order valence-corrected chi connectivity index (χ4v) is 4.29. The molecule has 1 heterocycles. The third-order valence-corrected chi connectivity index (χ3v) is 6.31. The highest BCUT2D eigenvalue weighted by Crippen LogP contribution is 2.19. The van der Waals surface area contributed by atoms with Gasteiger partial charge in [-0.3, -0.25) is 4.79 Å². The molecule has 1 aromatic rings. The number of carbonyl (C=O) groups excluding carboxylic acids is 1. The number of aryl methyl sites for hydroxylation is 1. The van der Waals surface area contributed by atoms with Gasteiger partial charge in [0, 0.05) is 31.9 Å². The fourth-order valence-electron chi connectivity index (χ4n) is 2.56. The van der Waals surface area contributed by atoms with Crippen LogP contribution in [0.1, 0.15) is 18.1 Å². The maximum Gasteiger partial charge on any atom is 0.228 e. The Morgan fingerprint density at radius 3 is 2.61 bits per heavy atom. The number of hydrogen-bond donors (Lipinski definition) is 2. The average molecular weight is 339 g/mol. The van der Waals surface area contributed by atoms with E-state index in [2.05, 4.69) is 10.6 Å². The molecule has 1 aliphatic rings. The van der Waals surface area contributed by atoms with Gasteiger partial charge in [0.2, 0.25) is 15.9 Å². The van der Waals surface area contributed by atoms with Crippen LogP contribution in [0.3, 0.4) is 0 Å². The minimum absolute atomic E-state index is 0.163. The molecule has 1 saturated heterocycles. The van der Waals surface area contributed by atoms with Crippen LogP contribution in [-0.4, -0.2) is 50.6 Å². The molecule has 2 N–H and O–H groups in total. The van der Waals surface area contributed by atoms with Gasteiger partial charge in [-0.05, 0) is 31.0 Å². The Labute approximate surface area is 138 Å². The summed E-state index contributed by atoms with van der Waals surface area (Å²) in [4.78, 5) is 12.3. The zero-order valence-corrected chi connectivity index (χ0v) is 14.7. The van der Waals surface area contributed by atoms with Crippen molar-refractivity contribution in [1.29, 1.82) is 0 Å². The molecule has 1 fully saturated rings. The van der Waals surface area contributed by atoms with E-state index in [9.17, 15) is 13.2 Å². The summed E-state index contributed by atoms with van der Waals surface area (Å²) in [6.07, 6.45) is 0. The zero-order valence-electron chi connectivity index (χ0n) is 13.9. The molecule has 128 valence electrons.